The Morgan fingerprint density at radius 2 is 1.61 bits per heavy atom. The summed E-state index contributed by atoms with van der Waals surface area (Å²) in [7, 11) is 1.67. The van der Waals surface area contributed by atoms with Crippen molar-refractivity contribution in [2.75, 3.05) is 7.11 Å². The van der Waals surface area contributed by atoms with Gasteiger partial charge in [-0.05, 0) is 61.7 Å². The number of methoxy groups -OCH3 is 1. The van der Waals surface area contributed by atoms with Crippen molar-refractivity contribution in [3.8, 4) is 22.6 Å². The average Bonchev–Trinajstić information content (AvgIpc) is 2.35. The number of phenols is 1. The Morgan fingerprint density at radius 3 is 2.28 bits per heavy atom. The third-order valence-corrected chi connectivity index (χ3v) is 3.18. The van der Waals surface area contributed by atoms with Gasteiger partial charge in [-0.2, -0.15) is 0 Å². The zero-order chi connectivity index (χ0) is 13.3. The fraction of sp³-hybridized carbons (Fsp3) is 0.250. The molecule has 2 rings (SSSR count). The first-order valence-corrected chi connectivity index (χ1v) is 5.98. The van der Waals surface area contributed by atoms with Gasteiger partial charge < -0.3 is 9.84 Å². The van der Waals surface area contributed by atoms with E-state index in [9.17, 15) is 5.11 Å². The van der Waals surface area contributed by atoms with Crippen LogP contribution in [0.1, 0.15) is 16.7 Å². The van der Waals surface area contributed by atoms with Crippen molar-refractivity contribution in [2.24, 2.45) is 0 Å². The zero-order valence-corrected chi connectivity index (χ0v) is 11.2. The van der Waals surface area contributed by atoms with Gasteiger partial charge in [0.1, 0.15) is 11.5 Å². The summed E-state index contributed by atoms with van der Waals surface area (Å²) in [5, 5.41) is 10.00. The van der Waals surface area contributed by atoms with Crippen LogP contribution < -0.4 is 4.74 Å². The van der Waals surface area contributed by atoms with Crippen LogP contribution in [0.25, 0.3) is 11.1 Å². The molecule has 2 nitrogen and oxygen atoms in total. The molecule has 0 spiro atoms. The Labute approximate surface area is 108 Å². The van der Waals surface area contributed by atoms with Gasteiger partial charge in [-0.1, -0.05) is 11.6 Å². The predicted octanol–water partition coefficient (Wildman–Crippen LogP) is 3.99. The second kappa shape index (κ2) is 4.73. The molecule has 0 saturated heterocycles. The van der Waals surface area contributed by atoms with Crippen molar-refractivity contribution >= 4 is 0 Å². The predicted molar refractivity (Wildman–Crippen MR) is 74.3 cm³/mol. The zero-order valence-electron chi connectivity index (χ0n) is 11.2. The molecule has 0 aliphatic rings. The largest absolute Gasteiger partial charge is 0.507 e. The SMILES string of the molecule is COc1cc(C)c(-c2cc(C)ccc2O)cc1C. The lowest BCUT2D eigenvalue weighted by molar-refractivity contribution is 0.411. The molecule has 2 heteroatoms. The highest BCUT2D eigenvalue weighted by atomic mass is 16.5. The average molecular weight is 242 g/mol. The van der Waals surface area contributed by atoms with Gasteiger partial charge in [0.15, 0.2) is 0 Å². The molecule has 0 saturated carbocycles. The van der Waals surface area contributed by atoms with Crippen LogP contribution in [0.3, 0.4) is 0 Å². The first kappa shape index (κ1) is 12.5. The lowest BCUT2D eigenvalue weighted by Crippen LogP contribution is -1.92. The Kier molecular flexibility index (Phi) is 3.28. The summed E-state index contributed by atoms with van der Waals surface area (Å²) in [6, 6.07) is 9.72. The van der Waals surface area contributed by atoms with Gasteiger partial charge in [0.2, 0.25) is 0 Å². The highest BCUT2D eigenvalue weighted by Crippen LogP contribution is 2.35. The summed E-state index contributed by atoms with van der Waals surface area (Å²) in [6.07, 6.45) is 0. The maximum absolute atomic E-state index is 10.00. The van der Waals surface area contributed by atoms with Crippen LogP contribution in [0.5, 0.6) is 11.5 Å². The van der Waals surface area contributed by atoms with E-state index < -0.39 is 0 Å². The minimum atomic E-state index is 0.313. The molecule has 0 aliphatic carbocycles. The number of aryl methyl sites for hydroxylation is 3. The number of benzene rings is 2. The van der Waals surface area contributed by atoms with E-state index in [1.807, 2.05) is 39.0 Å². The second-order valence-corrected chi connectivity index (χ2v) is 4.66. The van der Waals surface area contributed by atoms with Crippen LogP contribution in [0.2, 0.25) is 0 Å². The Morgan fingerprint density at radius 1 is 0.889 bits per heavy atom. The minimum absolute atomic E-state index is 0.313. The molecule has 0 amide bonds. The number of phenolic OH excluding ortho intramolecular Hbond substituents is 1. The molecular formula is C16H18O2. The van der Waals surface area contributed by atoms with Gasteiger partial charge in [-0.25, -0.2) is 0 Å². The van der Waals surface area contributed by atoms with Crippen molar-refractivity contribution in [3.63, 3.8) is 0 Å². The van der Waals surface area contributed by atoms with Gasteiger partial charge in [-0.3, -0.25) is 0 Å². The number of aromatic hydroxyl groups is 1. The van der Waals surface area contributed by atoms with Crippen molar-refractivity contribution < 1.29 is 9.84 Å². The number of ether oxygens (including phenoxy) is 1. The topological polar surface area (TPSA) is 29.5 Å². The number of hydrogen-bond donors (Lipinski definition) is 1. The van der Waals surface area contributed by atoms with Crippen molar-refractivity contribution in [2.45, 2.75) is 20.8 Å². The first-order valence-electron chi connectivity index (χ1n) is 5.98. The van der Waals surface area contributed by atoms with Crippen molar-refractivity contribution in [3.05, 3.63) is 47.0 Å². The molecule has 0 heterocycles. The molecule has 0 unspecified atom stereocenters. The summed E-state index contributed by atoms with van der Waals surface area (Å²) in [5.41, 5.74) is 5.22. The molecule has 0 aliphatic heterocycles. The molecule has 0 aromatic heterocycles. The fourth-order valence-corrected chi connectivity index (χ4v) is 2.17. The Bertz CT molecular complexity index is 586. The maximum atomic E-state index is 10.00. The molecule has 94 valence electrons. The van der Waals surface area contributed by atoms with E-state index in [2.05, 4.69) is 6.07 Å². The normalized spacial score (nSPS) is 10.4. The molecule has 0 radical (unpaired) electrons. The van der Waals surface area contributed by atoms with E-state index in [4.69, 9.17) is 4.74 Å². The lowest BCUT2D eigenvalue weighted by atomic mass is 9.96. The maximum Gasteiger partial charge on any atom is 0.123 e. The summed E-state index contributed by atoms with van der Waals surface area (Å²) in [4.78, 5) is 0. The molecule has 2 aromatic carbocycles. The van der Waals surface area contributed by atoms with E-state index in [0.717, 1.165) is 33.6 Å². The van der Waals surface area contributed by atoms with Crippen molar-refractivity contribution in [1.29, 1.82) is 0 Å². The summed E-state index contributed by atoms with van der Waals surface area (Å²) >= 11 is 0. The van der Waals surface area contributed by atoms with Gasteiger partial charge >= 0.3 is 0 Å². The van der Waals surface area contributed by atoms with E-state index in [0.29, 0.717) is 5.75 Å². The lowest BCUT2D eigenvalue weighted by Gasteiger charge is -2.13. The summed E-state index contributed by atoms with van der Waals surface area (Å²) in [5.74, 6) is 1.19. The first-order chi connectivity index (χ1) is 8.52. The molecule has 0 fully saturated rings. The second-order valence-electron chi connectivity index (χ2n) is 4.66. The highest BCUT2D eigenvalue weighted by molar-refractivity contribution is 5.75. The van der Waals surface area contributed by atoms with Gasteiger partial charge in [0.05, 0.1) is 7.11 Å². The van der Waals surface area contributed by atoms with Crippen LogP contribution in [0.15, 0.2) is 30.3 Å². The van der Waals surface area contributed by atoms with Gasteiger partial charge in [0, 0.05) is 5.56 Å². The number of rotatable bonds is 2. The quantitative estimate of drug-likeness (QED) is 0.862. The van der Waals surface area contributed by atoms with Crippen LogP contribution in [-0.2, 0) is 0 Å². The van der Waals surface area contributed by atoms with Crippen LogP contribution in [0.4, 0.5) is 0 Å². The molecule has 1 N–H and O–H groups in total. The van der Waals surface area contributed by atoms with Crippen LogP contribution >= 0.6 is 0 Å². The third-order valence-electron chi connectivity index (χ3n) is 3.18. The Balaban J connectivity index is 2.64. The molecule has 2 aromatic rings. The smallest absolute Gasteiger partial charge is 0.123 e. The molecule has 0 atom stereocenters. The van der Waals surface area contributed by atoms with E-state index in [-0.39, 0.29) is 0 Å². The van der Waals surface area contributed by atoms with E-state index in [1.54, 1.807) is 13.2 Å². The third kappa shape index (κ3) is 2.19. The molecular weight excluding hydrogens is 224 g/mol. The van der Waals surface area contributed by atoms with Gasteiger partial charge in [0.25, 0.3) is 0 Å². The monoisotopic (exact) mass is 242 g/mol. The van der Waals surface area contributed by atoms with E-state index >= 15 is 0 Å². The molecule has 0 bridgehead atoms. The molecule has 18 heavy (non-hydrogen) atoms. The summed E-state index contributed by atoms with van der Waals surface area (Å²) < 4.78 is 5.31. The fourth-order valence-electron chi connectivity index (χ4n) is 2.17. The van der Waals surface area contributed by atoms with Gasteiger partial charge in [-0.15, -0.1) is 0 Å². The van der Waals surface area contributed by atoms with E-state index in [1.165, 1.54) is 0 Å². The summed E-state index contributed by atoms with van der Waals surface area (Å²) in [6.45, 7) is 6.06. The van der Waals surface area contributed by atoms with Crippen molar-refractivity contribution in [1.82, 2.24) is 0 Å². The number of hydrogen-bond acceptors (Lipinski definition) is 2. The highest BCUT2D eigenvalue weighted by Gasteiger charge is 2.10. The Hall–Kier alpha value is -1.96. The minimum Gasteiger partial charge on any atom is -0.507 e. The standard InChI is InChI=1S/C16H18O2/c1-10-5-6-15(17)14(7-10)13-8-12(3)16(18-4)9-11(13)2/h5-9,17H,1-4H3. The van der Waals surface area contributed by atoms with Crippen LogP contribution in [-0.4, -0.2) is 12.2 Å². The van der Waals surface area contributed by atoms with Crippen LogP contribution in [0, 0.1) is 20.8 Å².